The monoisotopic (exact) mass is 418 g/mol. The Bertz CT molecular complexity index is 915. The fourth-order valence-corrected chi connectivity index (χ4v) is 5.86. The van der Waals surface area contributed by atoms with Crippen molar-refractivity contribution in [2.24, 2.45) is 11.8 Å². The smallest absolute Gasteiger partial charge is 0.223 e. The van der Waals surface area contributed by atoms with Crippen molar-refractivity contribution in [1.29, 1.82) is 0 Å². The molecule has 0 aliphatic carbocycles. The lowest BCUT2D eigenvalue weighted by molar-refractivity contribution is -0.136. The van der Waals surface area contributed by atoms with E-state index in [-0.39, 0.29) is 12.1 Å². The second kappa shape index (κ2) is 8.66. The molecular weight excluding hydrogens is 384 g/mol. The highest BCUT2D eigenvalue weighted by atomic mass is 16.5. The molecule has 4 nitrogen and oxygen atoms in total. The SMILES string of the molecule is CC(C)Oc1ccc([C@H]2c3ccccc3CCN2C(=O)C[C@@H]2CN3CCC2CC3)cc1. The summed E-state index contributed by atoms with van der Waals surface area (Å²) in [6, 6.07) is 17.0. The summed E-state index contributed by atoms with van der Waals surface area (Å²) in [5.74, 6) is 2.46. The highest BCUT2D eigenvalue weighted by Crippen LogP contribution is 2.39. The van der Waals surface area contributed by atoms with Gasteiger partial charge < -0.3 is 14.5 Å². The molecule has 0 saturated carbocycles. The minimum atomic E-state index is -0.00775. The van der Waals surface area contributed by atoms with Crippen LogP contribution in [-0.2, 0) is 11.2 Å². The summed E-state index contributed by atoms with van der Waals surface area (Å²) in [6.45, 7) is 8.43. The number of rotatable bonds is 5. The van der Waals surface area contributed by atoms with Crippen LogP contribution in [0.3, 0.4) is 0 Å². The molecule has 3 saturated heterocycles. The molecule has 2 atom stereocenters. The molecule has 6 rings (SSSR count). The van der Waals surface area contributed by atoms with Gasteiger partial charge in [-0.05, 0) is 86.9 Å². The molecule has 2 aromatic rings. The number of fused-ring (bicyclic) bond motifs is 4. The maximum absolute atomic E-state index is 13.6. The number of benzene rings is 2. The van der Waals surface area contributed by atoms with E-state index in [1.807, 2.05) is 26.0 Å². The molecule has 0 unspecified atom stereocenters. The lowest BCUT2D eigenvalue weighted by atomic mass is 9.77. The zero-order chi connectivity index (χ0) is 21.4. The van der Waals surface area contributed by atoms with Crippen molar-refractivity contribution in [1.82, 2.24) is 9.80 Å². The second-order valence-electron chi connectivity index (χ2n) is 9.78. The van der Waals surface area contributed by atoms with Crippen molar-refractivity contribution in [3.05, 3.63) is 65.2 Å². The third-order valence-electron chi connectivity index (χ3n) is 7.40. The van der Waals surface area contributed by atoms with Gasteiger partial charge in [0.2, 0.25) is 5.91 Å². The molecule has 3 fully saturated rings. The Labute approximate surface area is 186 Å². The van der Waals surface area contributed by atoms with Crippen molar-refractivity contribution >= 4 is 5.91 Å². The molecule has 2 aromatic carbocycles. The molecule has 4 aliphatic heterocycles. The largest absolute Gasteiger partial charge is 0.491 e. The van der Waals surface area contributed by atoms with E-state index in [1.54, 1.807) is 0 Å². The number of hydrogen-bond acceptors (Lipinski definition) is 3. The molecule has 31 heavy (non-hydrogen) atoms. The Hall–Kier alpha value is -2.33. The lowest BCUT2D eigenvalue weighted by Crippen LogP contribution is -2.49. The van der Waals surface area contributed by atoms with E-state index in [0.717, 1.165) is 31.2 Å². The summed E-state index contributed by atoms with van der Waals surface area (Å²) < 4.78 is 5.84. The molecule has 4 heteroatoms. The molecule has 0 N–H and O–H groups in total. The maximum Gasteiger partial charge on any atom is 0.223 e. The number of ether oxygens (including phenoxy) is 1. The summed E-state index contributed by atoms with van der Waals surface area (Å²) in [7, 11) is 0. The molecule has 4 heterocycles. The average molecular weight is 419 g/mol. The van der Waals surface area contributed by atoms with E-state index in [9.17, 15) is 4.79 Å². The van der Waals surface area contributed by atoms with Gasteiger partial charge in [-0.25, -0.2) is 0 Å². The van der Waals surface area contributed by atoms with Crippen LogP contribution in [0.4, 0.5) is 0 Å². The zero-order valence-corrected chi connectivity index (χ0v) is 18.8. The molecule has 0 aromatic heterocycles. The van der Waals surface area contributed by atoms with E-state index >= 15 is 0 Å². The van der Waals surface area contributed by atoms with Gasteiger partial charge in [-0.3, -0.25) is 4.79 Å². The number of nitrogens with zero attached hydrogens (tertiary/aromatic N) is 2. The summed E-state index contributed by atoms with van der Waals surface area (Å²) >= 11 is 0. The zero-order valence-electron chi connectivity index (χ0n) is 18.8. The number of piperidine rings is 3. The Morgan fingerprint density at radius 1 is 1.03 bits per heavy atom. The quantitative estimate of drug-likeness (QED) is 0.707. The van der Waals surface area contributed by atoms with Crippen LogP contribution >= 0.6 is 0 Å². The highest BCUT2D eigenvalue weighted by molar-refractivity contribution is 5.78. The van der Waals surface area contributed by atoms with Crippen molar-refractivity contribution in [3.63, 3.8) is 0 Å². The van der Waals surface area contributed by atoms with E-state index < -0.39 is 0 Å². The fourth-order valence-electron chi connectivity index (χ4n) is 5.86. The van der Waals surface area contributed by atoms with Gasteiger partial charge in [0.15, 0.2) is 0 Å². The van der Waals surface area contributed by atoms with Gasteiger partial charge >= 0.3 is 0 Å². The Kier molecular flexibility index (Phi) is 5.75. The van der Waals surface area contributed by atoms with Gasteiger partial charge in [0.1, 0.15) is 5.75 Å². The first kappa shape index (κ1) is 20.6. The van der Waals surface area contributed by atoms with Crippen LogP contribution in [0, 0.1) is 11.8 Å². The summed E-state index contributed by atoms with van der Waals surface area (Å²) in [5, 5.41) is 0. The lowest BCUT2D eigenvalue weighted by Gasteiger charge is -2.46. The molecule has 1 amide bonds. The number of hydrogen-bond donors (Lipinski definition) is 0. The molecule has 0 radical (unpaired) electrons. The van der Waals surface area contributed by atoms with E-state index in [0.29, 0.717) is 18.2 Å². The predicted octanol–water partition coefficient (Wildman–Crippen LogP) is 4.68. The predicted molar refractivity (Wildman–Crippen MR) is 123 cm³/mol. The Morgan fingerprint density at radius 2 is 1.77 bits per heavy atom. The Balaban J connectivity index is 1.41. The minimum Gasteiger partial charge on any atom is -0.491 e. The van der Waals surface area contributed by atoms with Gasteiger partial charge in [0, 0.05) is 19.5 Å². The van der Waals surface area contributed by atoms with E-state index in [2.05, 4.69) is 46.2 Å². The van der Waals surface area contributed by atoms with Crippen LogP contribution in [0.15, 0.2) is 48.5 Å². The van der Waals surface area contributed by atoms with Crippen LogP contribution in [0.2, 0.25) is 0 Å². The van der Waals surface area contributed by atoms with E-state index in [1.165, 1.54) is 42.6 Å². The molecular formula is C27H34N2O2. The standard InChI is InChI=1S/C27H34N2O2/c1-19(2)31-24-9-7-22(8-10-24)27-25-6-4-3-5-21(25)13-16-29(27)26(30)17-23-18-28-14-11-20(23)12-15-28/h3-10,19-20,23,27H,11-18H2,1-2H3/t23-,27+/m1/s1. The maximum atomic E-state index is 13.6. The third kappa shape index (κ3) is 4.23. The van der Waals surface area contributed by atoms with Gasteiger partial charge in [-0.1, -0.05) is 36.4 Å². The number of carbonyl (C=O) groups is 1. The Morgan fingerprint density at radius 3 is 2.45 bits per heavy atom. The average Bonchev–Trinajstić information content (AvgIpc) is 2.79. The van der Waals surface area contributed by atoms with Crippen molar-refractivity contribution in [2.75, 3.05) is 26.2 Å². The molecule has 0 spiro atoms. The van der Waals surface area contributed by atoms with Crippen molar-refractivity contribution in [2.45, 2.75) is 51.7 Å². The van der Waals surface area contributed by atoms with Crippen LogP contribution in [0.25, 0.3) is 0 Å². The molecule has 4 aliphatic rings. The summed E-state index contributed by atoms with van der Waals surface area (Å²) in [6.07, 6.45) is 4.31. The normalized spacial score (nSPS) is 27.3. The number of amides is 1. The topological polar surface area (TPSA) is 32.8 Å². The summed E-state index contributed by atoms with van der Waals surface area (Å²) in [4.78, 5) is 18.3. The van der Waals surface area contributed by atoms with Gasteiger partial charge in [0.25, 0.3) is 0 Å². The second-order valence-corrected chi connectivity index (χ2v) is 9.78. The van der Waals surface area contributed by atoms with Crippen LogP contribution in [-0.4, -0.2) is 48.0 Å². The summed E-state index contributed by atoms with van der Waals surface area (Å²) in [5.41, 5.74) is 3.81. The highest BCUT2D eigenvalue weighted by Gasteiger charge is 2.38. The van der Waals surface area contributed by atoms with Crippen LogP contribution < -0.4 is 4.74 Å². The van der Waals surface area contributed by atoms with Gasteiger partial charge in [-0.2, -0.15) is 0 Å². The van der Waals surface area contributed by atoms with Gasteiger partial charge in [0.05, 0.1) is 12.1 Å². The van der Waals surface area contributed by atoms with Crippen molar-refractivity contribution < 1.29 is 9.53 Å². The first-order valence-corrected chi connectivity index (χ1v) is 11.9. The molecule has 2 bridgehead atoms. The number of carbonyl (C=O) groups excluding carboxylic acids is 1. The van der Waals surface area contributed by atoms with E-state index in [4.69, 9.17) is 4.74 Å². The first-order valence-electron chi connectivity index (χ1n) is 11.9. The van der Waals surface area contributed by atoms with Crippen molar-refractivity contribution in [3.8, 4) is 5.75 Å². The van der Waals surface area contributed by atoms with Crippen LogP contribution in [0.1, 0.15) is 55.8 Å². The van der Waals surface area contributed by atoms with Crippen LogP contribution in [0.5, 0.6) is 5.75 Å². The third-order valence-corrected chi connectivity index (χ3v) is 7.40. The fraction of sp³-hybridized carbons (Fsp3) is 0.519. The minimum absolute atomic E-state index is 0.00775. The first-order chi connectivity index (χ1) is 15.1. The molecule has 164 valence electrons. The van der Waals surface area contributed by atoms with Gasteiger partial charge in [-0.15, -0.1) is 0 Å².